The molecule has 0 spiro atoms. The number of rotatable bonds is 4. The second-order valence-electron chi connectivity index (χ2n) is 5.66. The number of carbonyl (C=O) groups excluding carboxylic acids is 1. The molecule has 0 aliphatic carbocycles. The molecule has 4 heterocycles. The van der Waals surface area contributed by atoms with E-state index in [1.807, 2.05) is 6.92 Å². The summed E-state index contributed by atoms with van der Waals surface area (Å²) in [6, 6.07) is 0. The van der Waals surface area contributed by atoms with Crippen molar-refractivity contribution in [3.05, 3.63) is 29.0 Å². The van der Waals surface area contributed by atoms with Crippen LogP contribution < -0.4 is 0 Å². The molecule has 0 aromatic carbocycles. The number of nitrogens with zero attached hydrogens (tertiary/aromatic N) is 8. The van der Waals surface area contributed by atoms with E-state index in [-0.39, 0.29) is 10.4 Å². The molecule has 3 aromatic rings. The second kappa shape index (κ2) is 6.98. The van der Waals surface area contributed by atoms with E-state index in [4.69, 9.17) is 32.7 Å². The SMILES string of the molecule is CCn1nnc([C@H]2[CH][C@@H](OC(C)=O)[C@H](n3cnc4c(Cl)nc(Cl)nc43)O2)n1. The summed E-state index contributed by atoms with van der Waals surface area (Å²) in [6.45, 7) is 3.77. The van der Waals surface area contributed by atoms with E-state index in [1.165, 1.54) is 18.0 Å². The van der Waals surface area contributed by atoms with Crippen molar-refractivity contribution in [2.45, 2.75) is 38.8 Å². The van der Waals surface area contributed by atoms with E-state index in [2.05, 4.69) is 30.4 Å². The van der Waals surface area contributed by atoms with Crippen molar-refractivity contribution in [1.82, 2.24) is 39.7 Å². The lowest BCUT2D eigenvalue weighted by Gasteiger charge is -2.19. The molecule has 1 saturated heterocycles. The first kappa shape index (κ1) is 18.0. The fourth-order valence-electron chi connectivity index (χ4n) is 2.75. The average Bonchev–Trinajstić information content (AvgIpc) is 3.31. The maximum absolute atomic E-state index is 11.5. The number of ether oxygens (including phenoxy) is 2. The molecule has 1 aliphatic rings. The molecule has 3 aromatic heterocycles. The van der Waals surface area contributed by atoms with Gasteiger partial charge in [0.2, 0.25) is 11.1 Å². The van der Waals surface area contributed by atoms with Crippen LogP contribution in [0.1, 0.15) is 32.0 Å². The Hall–Kier alpha value is -2.37. The highest BCUT2D eigenvalue weighted by molar-refractivity contribution is 6.35. The van der Waals surface area contributed by atoms with Gasteiger partial charge in [0.05, 0.1) is 12.9 Å². The Labute approximate surface area is 162 Å². The van der Waals surface area contributed by atoms with Crippen LogP contribution in [-0.4, -0.2) is 51.8 Å². The zero-order chi connectivity index (χ0) is 19.1. The van der Waals surface area contributed by atoms with Crippen LogP contribution in [0.15, 0.2) is 6.33 Å². The monoisotopic (exact) mass is 411 g/mol. The molecule has 1 fully saturated rings. The fourth-order valence-corrected chi connectivity index (χ4v) is 3.17. The highest BCUT2D eigenvalue weighted by atomic mass is 35.5. The van der Waals surface area contributed by atoms with Crippen LogP contribution >= 0.6 is 23.2 Å². The summed E-state index contributed by atoms with van der Waals surface area (Å²) in [6.07, 6.45) is 1.02. The third kappa shape index (κ3) is 3.33. The zero-order valence-corrected chi connectivity index (χ0v) is 15.7. The van der Waals surface area contributed by atoms with Gasteiger partial charge in [0, 0.05) is 13.3 Å². The highest BCUT2D eigenvalue weighted by Crippen LogP contribution is 2.39. The first-order valence-corrected chi connectivity index (χ1v) is 8.72. The molecule has 1 aliphatic heterocycles. The van der Waals surface area contributed by atoms with Gasteiger partial charge in [0.25, 0.3) is 0 Å². The van der Waals surface area contributed by atoms with Crippen LogP contribution in [0.4, 0.5) is 0 Å². The minimum atomic E-state index is -0.764. The van der Waals surface area contributed by atoms with E-state index in [0.29, 0.717) is 23.5 Å². The van der Waals surface area contributed by atoms with Crippen molar-refractivity contribution >= 4 is 40.3 Å². The standard InChI is InChI=1S/C14H13Cl2N8O3/c1-3-24-21-11(20-22-24)7-4-8(26-6(2)25)13(27-7)23-5-17-9-10(15)18-14(16)19-12(9)23/h4-5,7-8,13H,3H2,1-2H3/t7-,8-,13-/m1/s1. The molecule has 0 saturated carbocycles. The summed E-state index contributed by atoms with van der Waals surface area (Å²) in [5, 5.41) is 12.2. The van der Waals surface area contributed by atoms with E-state index >= 15 is 0 Å². The minimum Gasteiger partial charge on any atom is -0.457 e. The normalized spacial score (nSPS) is 22.4. The van der Waals surface area contributed by atoms with Crippen LogP contribution in [0.5, 0.6) is 0 Å². The molecule has 0 N–H and O–H groups in total. The zero-order valence-electron chi connectivity index (χ0n) is 14.2. The lowest BCUT2D eigenvalue weighted by atomic mass is 10.2. The van der Waals surface area contributed by atoms with Crippen molar-refractivity contribution in [3.63, 3.8) is 0 Å². The molecular formula is C14H13Cl2N8O3. The summed E-state index contributed by atoms with van der Waals surface area (Å²) in [4.78, 5) is 25.2. The van der Waals surface area contributed by atoms with Crippen LogP contribution in [0.2, 0.25) is 10.4 Å². The number of tetrazole rings is 1. The molecule has 13 heteroatoms. The Morgan fingerprint density at radius 3 is 2.89 bits per heavy atom. The van der Waals surface area contributed by atoms with Crippen LogP contribution in [0, 0.1) is 6.42 Å². The van der Waals surface area contributed by atoms with Crippen molar-refractivity contribution in [2.75, 3.05) is 0 Å². The van der Waals surface area contributed by atoms with Gasteiger partial charge in [-0.05, 0) is 23.7 Å². The first-order chi connectivity index (χ1) is 13.0. The second-order valence-corrected chi connectivity index (χ2v) is 6.35. The summed E-state index contributed by atoms with van der Waals surface area (Å²) in [7, 11) is 0. The molecule has 0 unspecified atom stereocenters. The molecule has 3 atom stereocenters. The topological polar surface area (TPSA) is 123 Å². The van der Waals surface area contributed by atoms with E-state index in [0.717, 1.165) is 0 Å². The Balaban J connectivity index is 1.72. The quantitative estimate of drug-likeness (QED) is 0.357. The maximum Gasteiger partial charge on any atom is 0.303 e. The third-order valence-corrected chi connectivity index (χ3v) is 4.30. The molecule has 0 bridgehead atoms. The molecule has 141 valence electrons. The fraction of sp³-hybridized carbons (Fsp3) is 0.429. The molecule has 11 nitrogen and oxygen atoms in total. The van der Waals surface area contributed by atoms with Crippen LogP contribution in [0.3, 0.4) is 0 Å². The molecule has 27 heavy (non-hydrogen) atoms. The van der Waals surface area contributed by atoms with Crippen LogP contribution in [-0.2, 0) is 20.8 Å². The third-order valence-electron chi connectivity index (χ3n) is 3.86. The van der Waals surface area contributed by atoms with E-state index in [9.17, 15) is 4.79 Å². The molecule has 4 rings (SSSR count). The summed E-state index contributed by atoms with van der Waals surface area (Å²) in [5.41, 5.74) is 0.700. The Morgan fingerprint density at radius 2 is 2.19 bits per heavy atom. The Bertz CT molecular complexity index is 1010. The van der Waals surface area contributed by atoms with Gasteiger partial charge in [-0.25, -0.2) is 9.97 Å². The largest absolute Gasteiger partial charge is 0.457 e. The summed E-state index contributed by atoms with van der Waals surface area (Å²) < 4.78 is 13.0. The van der Waals surface area contributed by atoms with Crippen molar-refractivity contribution in [2.24, 2.45) is 0 Å². The number of carbonyl (C=O) groups is 1. The number of esters is 1. The molecular weight excluding hydrogens is 399 g/mol. The van der Waals surface area contributed by atoms with Gasteiger partial charge in [-0.3, -0.25) is 9.36 Å². The number of fused-ring (bicyclic) bond motifs is 1. The lowest BCUT2D eigenvalue weighted by molar-refractivity contribution is -0.151. The van der Waals surface area contributed by atoms with Gasteiger partial charge < -0.3 is 9.47 Å². The van der Waals surface area contributed by atoms with Crippen molar-refractivity contribution in [1.29, 1.82) is 0 Å². The number of halogens is 2. The van der Waals surface area contributed by atoms with Gasteiger partial charge >= 0.3 is 5.97 Å². The van der Waals surface area contributed by atoms with Gasteiger partial charge in [-0.1, -0.05) is 11.6 Å². The first-order valence-electron chi connectivity index (χ1n) is 7.97. The number of hydrogen-bond donors (Lipinski definition) is 0. The summed E-state index contributed by atoms with van der Waals surface area (Å²) in [5.74, 6) is -0.114. The predicted octanol–water partition coefficient (Wildman–Crippen LogP) is 1.55. The summed E-state index contributed by atoms with van der Waals surface area (Å²) >= 11 is 12.0. The molecule has 1 radical (unpaired) electrons. The number of aromatic nitrogens is 8. The van der Waals surface area contributed by atoms with Crippen molar-refractivity contribution in [3.8, 4) is 0 Å². The number of imidazole rings is 1. The number of aryl methyl sites for hydroxylation is 1. The molecule has 0 amide bonds. The predicted molar refractivity (Wildman–Crippen MR) is 91.6 cm³/mol. The minimum absolute atomic E-state index is 0.0376. The van der Waals surface area contributed by atoms with Gasteiger partial charge in [0.15, 0.2) is 23.1 Å². The van der Waals surface area contributed by atoms with Gasteiger partial charge in [-0.2, -0.15) is 9.78 Å². The van der Waals surface area contributed by atoms with Gasteiger partial charge in [0.1, 0.15) is 11.6 Å². The van der Waals surface area contributed by atoms with E-state index < -0.39 is 24.4 Å². The van der Waals surface area contributed by atoms with E-state index in [1.54, 1.807) is 11.0 Å². The maximum atomic E-state index is 11.5. The Kier molecular flexibility index (Phi) is 4.66. The Morgan fingerprint density at radius 1 is 1.37 bits per heavy atom. The lowest BCUT2D eigenvalue weighted by Crippen LogP contribution is -2.24. The van der Waals surface area contributed by atoms with Crippen molar-refractivity contribution < 1.29 is 14.3 Å². The average molecular weight is 412 g/mol. The smallest absolute Gasteiger partial charge is 0.303 e. The number of hydrogen-bond acceptors (Lipinski definition) is 9. The van der Waals surface area contributed by atoms with Crippen LogP contribution in [0.25, 0.3) is 11.2 Å². The highest BCUT2D eigenvalue weighted by Gasteiger charge is 2.42. The van der Waals surface area contributed by atoms with Gasteiger partial charge in [-0.15, -0.1) is 10.2 Å².